The lowest BCUT2D eigenvalue weighted by Gasteiger charge is -2.25. The van der Waals surface area contributed by atoms with Crippen LogP contribution in [0.4, 0.5) is 0 Å². The number of carbonyl (C=O) groups excluding carboxylic acids is 3. The van der Waals surface area contributed by atoms with Crippen LogP contribution in [-0.4, -0.2) is 46.8 Å². The summed E-state index contributed by atoms with van der Waals surface area (Å²) < 4.78 is 0. The van der Waals surface area contributed by atoms with Gasteiger partial charge in [0.2, 0.25) is 17.7 Å². The van der Waals surface area contributed by atoms with Gasteiger partial charge < -0.3 is 16.0 Å². The highest BCUT2D eigenvalue weighted by atomic mass is 32.2. The Morgan fingerprint density at radius 3 is 2.80 bits per heavy atom. The second-order valence-corrected chi connectivity index (χ2v) is 6.10. The maximum absolute atomic E-state index is 12.0. The number of hydrogen-bond acceptors (Lipinski definition) is 4. The summed E-state index contributed by atoms with van der Waals surface area (Å²) in [5.41, 5.74) is 5.41. The van der Waals surface area contributed by atoms with Crippen LogP contribution in [0.3, 0.4) is 0 Å². The van der Waals surface area contributed by atoms with Gasteiger partial charge in [-0.25, -0.2) is 0 Å². The van der Waals surface area contributed by atoms with Gasteiger partial charge in [-0.1, -0.05) is 13.3 Å². The summed E-state index contributed by atoms with van der Waals surface area (Å²) in [6.07, 6.45) is 2.53. The van der Waals surface area contributed by atoms with E-state index in [4.69, 9.17) is 5.73 Å². The molecule has 0 aromatic carbocycles. The Hall–Kier alpha value is -1.24. The molecule has 2 atom stereocenters. The highest BCUT2D eigenvalue weighted by Gasteiger charge is 2.36. The fourth-order valence-corrected chi connectivity index (χ4v) is 3.35. The lowest BCUT2D eigenvalue weighted by Crippen LogP contribution is -2.47. The van der Waals surface area contributed by atoms with E-state index in [2.05, 4.69) is 12.2 Å². The zero-order valence-corrected chi connectivity index (χ0v) is 12.9. The number of rotatable bonds is 8. The maximum atomic E-state index is 12.0. The molecule has 2 unspecified atom stereocenters. The molecule has 20 heavy (non-hydrogen) atoms. The van der Waals surface area contributed by atoms with E-state index in [0.717, 1.165) is 12.8 Å². The summed E-state index contributed by atoms with van der Waals surface area (Å²) in [6, 6.07) is -0.580. The van der Waals surface area contributed by atoms with Gasteiger partial charge in [0.15, 0.2) is 0 Å². The Morgan fingerprint density at radius 1 is 1.55 bits per heavy atom. The van der Waals surface area contributed by atoms with Gasteiger partial charge in [-0.3, -0.25) is 14.4 Å². The number of amides is 3. The number of hydrogen-bond donors (Lipinski definition) is 2. The van der Waals surface area contributed by atoms with E-state index < -0.39 is 11.9 Å². The van der Waals surface area contributed by atoms with Gasteiger partial charge in [0.25, 0.3) is 0 Å². The Bertz CT molecular complexity index is 376. The summed E-state index contributed by atoms with van der Waals surface area (Å²) in [5.74, 6) is 0.570. The molecule has 3 N–H and O–H groups in total. The molecule has 1 heterocycles. The smallest absolute Gasteiger partial charge is 0.241 e. The van der Waals surface area contributed by atoms with Crippen LogP contribution in [0.25, 0.3) is 0 Å². The number of carbonyl (C=O) groups is 3. The molecule has 1 aliphatic rings. The van der Waals surface area contributed by atoms with Gasteiger partial charge in [-0.15, -0.1) is 11.8 Å². The molecule has 1 saturated heterocycles. The van der Waals surface area contributed by atoms with E-state index in [9.17, 15) is 14.4 Å². The highest BCUT2D eigenvalue weighted by molar-refractivity contribution is 7.99. The van der Waals surface area contributed by atoms with E-state index in [0.29, 0.717) is 30.5 Å². The van der Waals surface area contributed by atoms with Gasteiger partial charge in [0.1, 0.15) is 6.04 Å². The van der Waals surface area contributed by atoms with Crippen molar-refractivity contribution in [3.8, 4) is 0 Å². The van der Waals surface area contributed by atoms with Crippen LogP contribution >= 0.6 is 11.8 Å². The van der Waals surface area contributed by atoms with E-state index in [-0.39, 0.29) is 11.8 Å². The van der Waals surface area contributed by atoms with Crippen molar-refractivity contribution in [2.24, 2.45) is 11.7 Å². The number of likely N-dealkylation sites (tertiary alicyclic amines) is 1. The Balaban J connectivity index is 2.51. The topological polar surface area (TPSA) is 92.5 Å². The molecule has 0 aromatic heterocycles. The minimum atomic E-state index is -0.580. The van der Waals surface area contributed by atoms with Crippen LogP contribution in [0.1, 0.15) is 33.1 Å². The molecular formula is C13H23N3O3S. The molecule has 7 heteroatoms. The number of nitrogens with one attached hydrogen (secondary N) is 1. The predicted octanol–water partition coefficient (Wildman–Crippen LogP) is 0.316. The summed E-state index contributed by atoms with van der Waals surface area (Å²) >= 11 is 1.39. The standard InChI is InChI=1S/C13H23N3O3S/c1-3-4-10-5-12(18)16(6-10)11(13(14)19)7-20-8-15-9(2)17/h10-11H,3-8H2,1-2H3,(H2,14,19)(H,15,17). The van der Waals surface area contributed by atoms with Crippen LogP contribution in [-0.2, 0) is 14.4 Å². The molecule has 1 fully saturated rings. The van der Waals surface area contributed by atoms with Crippen LogP contribution in [0.15, 0.2) is 0 Å². The lowest BCUT2D eigenvalue weighted by atomic mass is 10.0. The van der Waals surface area contributed by atoms with Crippen molar-refractivity contribution in [1.82, 2.24) is 10.2 Å². The fraction of sp³-hybridized carbons (Fsp3) is 0.769. The van der Waals surface area contributed by atoms with Crippen LogP contribution < -0.4 is 11.1 Å². The molecule has 0 bridgehead atoms. The van der Waals surface area contributed by atoms with Gasteiger partial charge in [-0.05, 0) is 12.3 Å². The Kier molecular flexibility index (Phi) is 6.84. The number of primary amides is 1. The molecule has 0 aliphatic carbocycles. The molecule has 114 valence electrons. The SMILES string of the molecule is CCCC1CC(=O)N(C(CSCNC(C)=O)C(N)=O)C1. The van der Waals surface area contributed by atoms with Crippen LogP contribution in [0.2, 0.25) is 0 Å². The van der Waals surface area contributed by atoms with E-state index in [1.54, 1.807) is 4.90 Å². The molecular weight excluding hydrogens is 278 g/mol. The Labute approximate surface area is 123 Å². The third kappa shape index (κ3) is 5.03. The monoisotopic (exact) mass is 301 g/mol. The first-order chi connectivity index (χ1) is 9.45. The summed E-state index contributed by atoms with van der Waals surface area (Å²) in [7, 11) is 0. The second-order valence-electron chi connectivity index (χ2n) is 5.07. The van der Waals surface area contributed by atoms with Crippen molar-refractivity contribution in [2.75, 3.05) is 18.2 Å². The van der Waals surface area contributed by atoms with E-state index in [1.165, 1.54) is 18.7 Å². The largest absolute Gasteiger partial charge is 0.368 e. The molecule has 1 aliphatic heterocycles. The van der Waals surface area contributed by atoms with Gasteiger partial charge >= 0.3 is 0 Å². The van der Waals surface area contributed by atoms with Gasteiger partial charge in [0.05, 0.1) is 5.88 Å². The molecule has 0 saturated carbocycles. The quantitative estimate of drug-likeness (QED) is 0.499. The van der Waals surface area contributed by atoms with Crippen molar-refractivity contribution >= 4 is 29.5 Å². The minimum Gasteiger partial charge on any atom is -0.368 e. The first-order valence-electron chi connectivity index (χ1n) is 6.86. The van der Waals surface area contributed by atoms with Crippen LogP contribution in [0.5, 0.6) is 0 Å². The zero-order valence-electron chi connectivity index (χ0n) is 12.1. The number of nitrogens with zero attached hydrogens (tertiary/aromatic N) is 1. The third-order valence-corrected chi connectivity index (χ3v) is 4.24. The fourth-order valence-electron chi connectivity index (χ4n) is 2.36. The molecule has 0 aromatic rings. The zero-order chi connectivity index (χ0) is 15.1. The lowest BCUT2D eigenvalue weighted by molar-refractivity contribution is -0.135. The van der Waals surface area contributed by atoms with Crippen molar-refractivity contribution in [3.05, 3.63) is 0 Å². The number of nitrogens with two attached hydrogens (primary N) is 1. The minimum absolute atomic E-state index is 0.00683. The predicted molar refractivity (Wildman–Crippen MR) is 78.9 cm³/mol. The summed E-state index contributed by atoms with van der Waals surface area (Å²) in [5, 5.41) is 2.64. The normalized spacial score (nSPS) is 20.0. The molecule has 3 amide bonds. The van der Waals surface area contributed by atoms with Crippen molar-refractivity contribution in [3.63, 3.8) is 0 Å². The number of thioether (sulfide) groups is 1. The summed E-state index contributed by atoms with van der Waals surface area (Å²) in [6.45, 7) is 4.13. The van der Waals surface area contributed by atoms with Gasteiger partial charge in [0, 0.05) is 25.6 Å². The van der Waals surface area contributed by atoms with Crippen molar-refractivity contribution < 1.29 is 14.4 Å². The van der Waals surface area contributed by atoms with Crippen molar-refractivity contribution in [2.45, 2.75) is 39.2 Å². The molecule has 0 radical (unpaired) electrons. The molecule has 6 nitrogen and oxygen atoms in total. The highest BCUT2D eigenvalue weighted by Crippen LogP contribution is 2.25. The summed E-state index contributed by atoms with van der Waals surface area (Å²) in [4.78, 5) is 35.9. The average Bonchev–Trinajstić information content (AvgIpc) is 2.70. The molecule has 0 spiro atoms. The van der Waals surface area contributed by atoms with Crippen molar-refractivity contribution in [1.29, 1.82) is 0 Å². The second kappa shape index (κ2) is 8.14. The third-order valence-electron chi connectivity index (χ3n) is 3.34. The Morgan fingerprint density at radius 2 is 2.25 bits per heavy atom. The van der Waals surface area contributed by atoms with Crippen LogP contribution in [0, 0.1) is 5.92 Å². The molecule has 1 rings (SSSR count). The van der Waals surface area contributed by atoms with E-state index in [1.807, 2.05) is 0 Å². The first-order valence-corrected chi connectivity index (χ1v) is 8.02. The van der Waals surface area contributed by atoms with Gasteiger partial charge in [-0.2, -0.15) is 0 Å². The average molecular weight is 301 g/mol. The first kappa shape index (κ1) is 16.8. The maximum Gasteiger partial charge on any atom is 0.241 e. The van der Waals surface area contributed by atoms with E-state index >= 15 is 0 Å².